The highest BCUT2D eigenvalue weighted by Crippen LogP contribution is 2.25. The fourth-order valence-corrected chi connectivity index (χ4v) is 3.75. The van der Waals surface area contributed by atoms with Crippen LogP contribution in [0.1, 0.15) is 29.2 Å². The molecule has 0 radical (unpaired) electrons. The van der Waals surface area contributed by atoms with Gasteiger partial charge < -0.3 is 10.6 Å². The summed E-state index contributed by atoms with van der Waals surface area (Å²) in [5.41, 5.74) is 5.40. The van der Waals surface area contributed by atoms with E-state index >= 15 is 0 Å². The maximum absolute atomic E-state index is 6.21. The SMILES string of the molecule is CCNCc1ccccc1.Clc1cccc2c1CNC(Cc1ccccc1)C2. The van der Waals surface area contributed by atoms with Crippen LogP contribution in [0.3, 0.4) is 0 Å². The minimum Gasteiger partial charge on any atom is -0.313 e. The van der Waals surface area contributed by atoms with Crippen molar-refractivity contribution in [3.05, 3.63) is 106 Å². The van der Waals surface area contributed by atoms with Crippen LogP contribution >= 0.6 is 11.6 Å². The molecule has 3 heteroatoms. The number of hydrogen-bond acceptors (Lipinski definition) is 2. The second kappa shape index (κ2) is 11.0. The Morgan fingerprint density at radius 2 is 1.57 bits per heavy atom. The Hall–Kier alpha value is -2.13. The number of rotatable bonds is 5. The summed E-state index contributed by atoms with van der Waals surface area (Å²) in [4.78, 5) is 0. The van der Waals surface area contributed by atoms with E-state index in [1.54, 1.807) is 0 Å². The van der Waals surface area contributed by atoms with Crippen LogP contribution in [0.4, 0.5) is 0 Å². The molecular formula is C25H29ClN2. The van der Waals surface area contributed by atoms with Gasteiger partial charge >= 0.3 is 0 Å². The van der Waals surface area contributed by atoms with Crippen LogP contribution in [0.2, 0.25) is 5.02 Å². The van der Waals surface area contributed by atoms with E-state index in [9.17, 15) is 0 Å². The van der Waals surface area contributed by atoms with E-state index in [0.717, 1.165) is 37.5 Å². The van der Waals surface area contributed by atoms with Crippen molar-refractivity contribution in [1.29, 1.82) is 0 Å². The van der Waals surface area contributed by atoms with Crippen LogP contribution in [0.15, 0.2) is 78.9 Å². The lowest BCUT2D eigenvalue weighted by atomic mass is 9.92. The molecule has 0 fully saturated rings. The van der Waals surface area contributed by atoms with Crippen molar-refractivity contribution in [2.24, 2.45) is 0 Å². The van der Waals surface area contributed by atoms with Crippen molar-refractivity contribution in [3.63, 3.8) is 0 Å². The summed E-state index contributed by atoms with van der Waals surface area (Å²) in [7, 11) is 0. The molecule has 28 heavy (non-hydrogen) atoms. The highest BCUT2D eigenvalue weighted by atomic mass is 35.5. The van der Waals surface area contributed by atoms with Crippen molar-refractivity contribution in [1.82, 2.24) is 10.6 Å². The van der Waals surface area contributed by atoms with Crippen LogP contribution in [-0.2, 0) is 25.9 Å². The lowest BCUT2D eigenvalue weighted by molar-refractivity contribution is 0.477. The summed E-state index contributed by atoms with van der Waals surface area (Å²) in [5, 5.41) is 7.73. The van der Waals surface area contributed by atoms with Gasteiger partial charge in [0.1, 0.15) is 0 Å². The fourth-order valence-electron chi connectivity index (χ4n) is 3.48. The molecule has 2 nitrogen and oxygen atoms in total. The Morgan fingerprint density at radius 3 is 2.25 bits per heavy atom. The highest BCUT2D eigenvalue weighted by Gasteiger charge is 2.19. The van der Waals surface area contributed by atoms with E-state index in [1.165, 1.54) is 22.3 Å². The van der Waals surface area contributed by atoms with Crippen molar-refractivity contribution in [2.45, 2.75) is 38.9 Å². The van der Waals surface area contributed by atoms with E-state index in [-0.39, 0.29) is 0 Å². The van der Waals surface area contributed by atoms with Crippen molar-refractivity contribution < 1.29 is 0 Å². The summed E-state index contributed by atoms with van der Waals surface area (Å²) in [6, 6.07) is 27.8. The third-order valence-corrected chi connectivity index (χ3v) is 5.35. The topological polar surface area (TPSA) is 24.1 Å². The summed E-state index contributed by atoms with van der Waals surface area (Å²) < 4.78 is 0. The molecule has 1 aliphatic rings. The lowest BCUT2D eigenvalue weighted by Crippen LogP contribution is -2.37. The highest BCUT2D eigenvalue weighted by molar-refractivity contribution is 6.31. The lowest BCUT2D eigenvalue weighted by Gasteiger charge is -2.27. The largest absolute Gasteiger partial charge is 0.313 e. The molecule has 1 atom stereocenters. The molecule has 2 N–H and O–H groups in total. The van der Waals surface area contributed by atoms with Crippen LogP contribution < -0.4 is 10.6 Å². The van der Waals surface area contributed by atoms with Crippen molar-refractivity contribution >= 4 is 11.6 Å². The van der Waals surface area contributed by atoms with Crippen LogP contribution in [0.25, 0.3) is 0 Å². The Bertz CT molecular complexity index is 834. The fraction of sp³-hybridized carbons (Fsp3) is 0.280. The number of halogens is 1. The molecule has 1 aliphatic heterocycles. The predicted molar refractivity (Wildman–Crippen MR) is 120 cm³/mol. The molecule has 0 saturated carbocycles. The first-order valence-electron chi connectivity index (χ1n) is 10.0. The minimum absolute atomic E-state index is 0.512. The zero-order chi connectivity index (χ0) is 19.6. The standard InChI is InChI=1S/C16H16ClN.C9H13N/c17-16-8-4-7-13-10-14(18-11-15(13)16)9-12-5-2-1-3-6-12;1-2-10-8-9-6-4-3-5-7-9/h1-8,14,18H,9-11H2;3-7,10H,2,8H2,1H3. The summed E-state index contributed by atoms with van der Waals surface area (Å²) in [5.74, 6) is 0. The third-order valence-electron chi connectivity index (χ3n) is 5.00. The van der Waals surface area contributed by atoms with Gasteiger partial charge in [-0.1, -0.05) is 91.3 Å². The van der Waals surface area contributed by atoms with Gasteiger partial charge in [0.05, 0.1) is 0 Å². The molecule has 1 heterocycles. The van der Waals surface area contributed by atoms with Crippen LogP contribution in [0, 0.1) is 0 Å². The summed E-state index contributed by atoms with van der Waals surface area (Å²) in [6.07, 6.45) is 2.14. The van der Waals surface area contributed by atoms with E-state index < -0.39 is 0 Å². The molecule has 0 spiro atoms. The van der Waals surface area contributed by atoms with Crippen molar-refractivity contribution in [3.8, 4) is 0 Å². The Morgan fingerprint density at radius 1 is 0.893 bits per heavy atom. The molecule has 0 amide bonds. The first-order chi connectivity index (χ1) is 13.8. The second-order valence-electron chi connectivity index (χ2n) is 7.12. The Balaban J connectivity index is 0.000000192. The second-order valence-corrected chi connectivity index (χ2v) is 7.52. The molecule has 0 bridgehead atoms. The maximum Gasteiger partial charge on any atom is 0.0453 e. The number of benzene rings is 3. The molecule has 0 saturated heterocycles. The molecule has 0 aliphatic carbocycles. The van der Waals surface area contributed by atoms with Gasteiger partial charge in [-0.25, -0.2) is 0 Å². The van der Waals surface area contributed by atoms with Gasteiger partial charge in [0, 0.05) is 24.2 Å². The predicted octanol–water partition coefficient (Wildman–Crippen LogP) is 5.39. The van der Waals surface area contributed by atoms with Gasteiger partial charge in [-0.05, 0) is 47.7 Å². The van der Waals surface area contributed by atoms with Gasteiger partial charge in [0.2, 0.25) is 0 Å². The van der Waals surface area contributed by atoms with E-state index in [2.05, 4.69) is 78.2 Å². The van der Waals surface area contributed by atoms with Gasteiger partial charge in [0.15, 0.2) is 0 Å². The Labute approximate surface area is 174 Å². The first kappa shape index (κ1) is 20.6. The smallest absolute Gasteiger partial charge is 0.0453 e. The number of fused-ring (bicyclic) bond motifs is 1. The normalized spacial score (nSPS) is 15.3. The zero-order valence-corrected chi connectivity index (χ0v) is 17.3. The molecule has 1 unspecified atom stereocenters. The maximum atomic E-state index is 6.21. The number of nitrogens with one attached hydrogen (secondary N) is 2. The van der Waals surface area contributed by atoms with Crippen LogP contribution in [0.5, 0.6) is 0 Å². The van der Waals surface area contributed by atoms with Gasteiger partial charge in [-0.15, -0.1) is 0 Å². The molecule has 0 aromatic heterocycles. The van der Waals surface area contributed by atoms with E-state index in [4.69, 9.17) is 11.6 Å². The monoisotopic (exact) mass is 392 g/mol. The van der Waals surface area contributed by atoms with Crippen molar-refractivity contribution in [2.75, 3.05) is 6.54 Å². The minimum atomic E-state index is 0.512. The third kappa shape index (κ3) is 6.20. The molecular weight excluding hydrogens is 364 g/mol. The molecule has 146 valence electrons. The van der Waals surface area contributed by atoms with Gasteiger partial charge in [-0.2, -0.15) is 0 Å². The Kier molecular flexibility index (Phi) is 8.10. The first-order valence-corrected chi connectivity index (χ1v) is 10.4. The van der Waals surface area contributed by atoms with Gasteiger partial charge in [0.25, 0.3) is 0 Å². The average Bonchev–Trinajstić information content (AvgIpc) is 2.74. The zero-order valence-electron chi connectivity index (χ0n) is 16.5. The quantitative estimate of drug-likeness (QED) is 0.608. The molecule has 3 aromatic rings. The van der Waals surface area contributed by atoms with Crippen LogP contribution in [-0.4, -0.2) is 12.6 Å². The summed E-state index contributed by atoms with van der Waals surface area (Å²) in [6.45, 7) is 5.02. The van der Waals surface area contributed by atoms with E-state index in [0.29, 0.717) is 6.04 Å². The molecule has 3 aromatic carbocycles. The average molecular weight is 393 g/mol. The number of hydrogen-bond donors (Lipinski definition) is 2. The summed E-state index contributed by atoms with van der Waals surface area (Å²) >= 11 is 6.21. The van der Waals surface area contributed by atoms with Gasteiger partial charge in [-0.3, -0.25) is 0 Å². The molecule has 4 rings (SSSR count). The van der Waals surface area contributed by atoms with E-state index in [1.807, 2.05) is 18.2 Å².